The summed E-state index contributed by atoms with van der Waals surface area (Å²) in [4.78, 5) is 0. The fourth-order valence-electron chi connectivity index (χ4n) is 2.09. The molecule has 14 heavy (non-hydrogen) atoms. The minimum absolute atomic E-state index is 0.526. The van der Waals surface area contributed by atoms with Crippen LogP contribution in [0.1, 0.15) is 46.0 Å². The highest BCUT2D eigenvalue weighted by molar-refractivity contribution is 7.80. The van der Waals surface area contributed by atoms with E-state index in [1.807, 2.05) is 0 Å². The van der Waals surface area contributed by atoms with E-state index in [0.717, 1.165) is 18.3 Å². The number of thiol groups is 1. The summed E-state index contributed by atoms with van der Waals surface area (Å²) in [6, 6.07) is 0. The number of ether oxygens (including phenoxy) is 1. The molecule has 1 rings (SSSR count). The fraction of sp³-hybridized carbons (Fsp3) is 1.00. The van der Waals surface area contributed by atoms with Crippen molar-refractivity contribution in [2.45, 2.75) is 52.1 Å². The highest BCUT2D eigenvalue weighted by Crippen LogP contribution is 2.26. The van der Waals surface area contributed by atoms with Gasteiger partial charge in [0.15, 0.2) is 0 Å². The van der Waals surface area contributed by atoms with E-state index in [-0.39, 0.29) is 0 Å². The van der Waals surface area contributed by atoms with Crippen molar-refractivity contribution in [3.8, 4) is 0 Å². The van der Waals surface area contributed by atoms with Gasteiger partial charge in [0.25, 0.3) is 0 Å². The third kappa shape index (κ3) is 3.82. The van der Waals surface area contributed by atoms with Crippen molar-refractivity contribution in [1.29, 1.82) is 0 Å². The zero-order chi connectivity index (χ0) is 10.4. The second kappa shape index (κ2) is 6.73. The molecule has 1 fully saturated rings. The Morgan fingerprint density at radius 3 is 2.64 bits per heavy atom. The van der Waals surface area contributed by atoms with Gasteiger partial charge in [-0.15, -0.1) is 0 Å². The van der Waals surface area contributed by atoms with Crippen LogP contribution in [0.25, 0.3) is 0 Å². The van der Waals surface area contributed by atoms with E-state index in [1.165, 1.54) is 32.1 Å². The Balaban J connectivity index is 2.21. The van der Waals surface area contributed by atoms with Crippen LogP contribution < -0.4 is 0 Å². The predicted molar refractivity (Wildman–Crippen MR) is 65.0 cm³/mol. The minimum atomic E-state index is 0.526. The largest absolute Gasteiger partial charge is 0.378 e. The van der Waals surface area contributed by atoms with Crippen LogP contribution in [-0.2, 0) is 4.74 Å². The van der Waals surface area contributed by atoms with E-state index in [9.17, 15) is 0 Å². The summed E-state index contributed by atoms with van der Waals surface area (Å²) in [5.41, 5.74) is 0. The summed E-state index contributed by atoms with van der Waals surface area (Å²) in [6.07, 6.45) is 7.08. The molecule has 0 aromatic carbocycles. The first-order valence-electron chi connectivity index (χ1n) is 6.00. The third-order valence-electron chi connectivity index (χ3n) is 3.41. The summed E-state index contributed by atoms with van der Waals surface area (Å²) in [5, 5.41) is 0. The van der Waals surface area contributed by atoms with Crippen LogP contribution in [0.4, 0.5) is 0 Å². The van der Waals surface area contributed by atoms with E-state index < -0.39 is 0 Å². The van der Waals surface area contributed by atoms with E-state index in [2.05, 4.69) is 26.5 Å². The molecule has 0 aromatic rings. The first-order chi connectivity index (χ1) is 6.77. The average Bonchev–Trinajstić information content (AvgIpc) is 2.22. The number of rotatable bonds is 5. The molecule has 1 saturated carbocycles. The molecule has 0 N–H and O–H groups in total. The summed E-state index contributed by atoms with van der Waals surface area (Å²) < 4.78 is 5.99. The highest BCUT2D eigenvalue weighted by atomic mass is 32.1. The molecule has 0 spiro atoms. The molecule has 2 heteroatoms. The van der Waals surface area contributed by atoms with Gasteiger partial charge in [-0.1, -0.05) is 33.1 Å². The Kier molecular flexibility index (Phi) is 5.95. The van der Waals surface area contributed by atoms with Crippen LogP contribution >= 0.6 is 12.6 Å². The van der Waals surface area contributed by atoms with Gasteiger partial charge in [-0.3, -0.25) is 0 Å². The van der Waals surface area contributed by atoms with Gasteiger partial charge in [-0.05, 0) is 30.4 Å². The standard InChI is InChI=1S/C12H24OS/c1-3-11(9-14)8-13-12-7-5-4-6-10(12)2/h10-12,14H,3-9H2,1-2H3. The van der Waals surface area contributed by atoms with Gasteiger partial charge in [0, 0.05) is 0 Å². The second-order valence-corrected chi connectivity index (χ2v) is 4.96. The molecule has 0 heterocycles. The Labute approximate surface area is 94.0 Å². The number of hydrogen-bond donors (Lipinski definition) is 1. The fourth-order valence-corrected chi connectivity index (χ4v) is 2.45. The topological polar surface area (TPSA) is 9.23 Å². The summed E-state index contributed by atoms with van der Waals surface area (Å²) in [5.74, 6) is 2.37. The van der Waals surface area contributed by atoms with Gasteiger partial charge < -0.3 is 4.74 Å². The van der Waals surface area contributed by atoms with Gasteiger partial charge in [-0.2, -0.15) is 12.6 Å². The van der Waals surface area contributed by atoms with E-state index in [1.54, 1.807) is 0 Å². The molecule has 0 bridgehead atoms. The molecule has 0 aliphatic heterocycles. The first kappa shape index (κ1) is 12.4. The van der Waals surface area contributed by atoms with E-state index in [4.69, 9.17) is 4.74 Å². The van der Waals surface area contributed by atoms with Crippen LogP contribution in [0.2, 0.25) is 0 Å². The maximum Gasteiger partial charge on any atom is 0.0600 e. The molecule has 3 atom stereocenters. The van der Waals surface area contributed by atoms with Crippen molar-refractivity contribution >= 4 is 12.6 Å². The summed E-state index contributed by atoms with van der Waals surface area (Å²) >= 11 is 4.34. The van der Waals surface area contributed by atoms with Crippen molar-refractivity contribution in [1.82, 2.24) is 0 Å². The lowest BCUT2D eigenvalue weighted by molar-refractivity contribution is -0.0191. The summed E-state index contributed by atoms with van der Waals surface area (Å²) in [7, 11) is 0. The molecule has 1 aliphatic rings. The lowest BCUT2D eigenvalue weighted by atomic mass is 9.88. The van der Waals surface area contributed by atoms with Crippen molar-refractivity contribution < 1.29 is 4.74 Å². The lowest BCUT2D eigenvalue weighted by Gasteiger charge is -2.30. The lowest BCUT2D eigenvalue weighted by Crippen LogP contribution is -2.28. The molecule has 0 radical (unpaired) electrons. The quantitative estimate of drug-likeness (QED) is 0.692. The van der Waals surface area contributed by atoms with E-state index in [0.29, 0.717) is 12.0 Å². The van der Waals surface area contributed by atoms with Crippen molar-refractivity contribution in [3.05, 3.63) is 0 Å². The Bertz CT molecular complexity index is 145. The van der Waals surface area contributed by atoms with Crippen molar-refractivity contribution in [3.63, 3.8) is 0 Å². The molecular formula is C12H24OS. The average molecular weight is 216 g/mol. The Hall–Kier alpha value is 0.310. The first-order valence-corrected chi connectivity index (χ1v) is 6.63. The second-order valence-electron chi connectivity index (χ2n) is 4.59. The minimum Gasteiger partial charge on any atom is -0.378 e. The SMILES string of the molecule is CCC(CS)COC1CCCCC1C. The van der Waals surface area contributed by atoms with Gasteiger partial charge in [0.1, 0.15) is 0 Å². The maximum absolute atomic E-state index is 5.99. The molecule has 1 nitrogen and oxygen atoms in total. The molecule has 0 saturated heterocycles. The molecule has 1 aliphatic carbocycles. The van der Waals surface area contributed by atoms with Gasteiger partial charge >= 0.3 is 0 Å². The van der Waals surface area contributed by atoms with Crippen LogP contribution in [-0.4, -0.2) is 18.5 Å². The van der Waals surface area contributed by atoms with Crippen LogP contribution in [0, 0.1) is 11.8 Å². The monoisotopic (exact) mass is 216 g/mol. The third-order valence-corrected chi connectivity index (χ3v) is 3.93. The predicted octanol–water partition coefficient (Wildman–Crippen LogP) is 3.54. The Morgan fingerprint density at radius 1 is 1.36 bits per heavy atom. The van der Waals surface area contributed by atoms with Crippen molar-refractivity contribution in [2.75, 3.05) is 12.4 Å². The molecule has 84 valence electrons. The zero-order valence-electron chi connectivity index (χ0n) is 9.54. The smallest absolute Gasteiger partial charge is 0.0600 e. The molecule has 0 aromatic heterocycles. The van der Waals surface area contributed by atoms with Gasteiger partial charge in [0.2, 0.25) is 0 Å². The zero-order valence-corrected chi connectivity index (χ0v) is 10.4. The highest BCUT2D eigenvalue weighted by Gasteiger charge is 2.22. The molecule has 3 unspecified atom stereocenters. The normalized spacial score (nSPS) is 30.2. The van der Waals surface area contributed by atoms with Crippen LogP contribution in [0.3, 0.4) is 0 Å². The van der Waals surface area contributed by atoms with Gasteiger partial charge in [0.05, 0.1) is 12.7 Å². The maximum atomic E-state index is 5.99. The van der Waals surface area contributed by atoms with Crippen molar-refractivity contribution in [2.24, 2.45) is 11.8 Å². The number of hydrogen-bond acceptors (Lipinski definition) is 2. The van der Waals surface area contributed by atoms with Gasteiger partial charge in [-0.25, -0.2) is 0 Å². The van der Waals surface area contributed by atoms with Crippen LogP contribution in [0.5, 0.6) is 0 Å². The van der Waals surface area contributed by atoms with Crippen LogP contribution in [0.15, 0.2) is 0 Å². The Morgan fingerprint density at radius 2 is 2.07 bits per heavy atom. The molecule has 0 amide bonds. The van der Waals surface area contributed by atoms with E-state index >= 15 is 0 Å². The molecular weight excluding hydrogens is 192 g/mol. The summed E-state index contributed by atoms with van der Waals surface area (Å²) in [6.45, 7) is 5.45.